The van der Waals surface area contributed by atoms with Crippen LogP contribution in [-0.4, -0.2) is 48.5 Å². The molecule has 1 aliphatic heterocycles. The van der Waals surface area contributed by atoms with Crippen LogP contribution in [0.15, 0.2) is 45.9 Å². The number of carboxylic acid groups (broad SMARTS) is 1. The van der Waals surface area contributed by atoms with Gasteiger partial charge in [0.25, 0.3) is 5.91 Å². The Morgan fingerprint density at radius 2 is 1.92 bits per heavy atom. The fourth-order valence-electron chi connectivity index (χ4n) is 3.46. The normalized spacial score (nSPS) is 14.1. The third kappa shape index (κ3) is 8.64. The van der Waals surface area contributed by atoms with Gasteiger partial charge < -0.3 is 26.4 Å². The van der Waals surface area contributed by atoms with Gasteiger partial charge >= 0.3 is 12.1 Å². The quantitative estimate of drug-likeness (QED) is 0.310. The van der Waals surface area contributed by atoms with Gasteiger partial charge in [-0.3, -0.25) is 19.4 Å². The largest absolute Gasteiger partial charge is 0.481 e. The third-order valence-corrected chi connectivity index (χ3v) is 5.77. The zero-order valence-corrected chi connectivity index (χ0v) is 21.4. The average Bonchev–Trinajstić information content (AvgIpc) is 2.81. The first-order valence-electron chi connectivity index (χ1n) is 10.9. The highest BCUT2D eigenvalue weighted by atomic mass is 79.9. The predicted octanol–water partition coefficient (Wildman–Crippen LogP) is 3.94. The lowest BCUT2D eigenvalue weighted by molar-refractivity contribution is -0.138. The maximum atomic E-state index is 13.4. The van der Waals surface area contributed by atoms with Gasteiger partial charge in [0.05, 0.1) is 24.6 Å². The van der Waals surface area contributed by atoms with Crippen molar-refractivity contribution in [1.82, 2.24) is 16.0 Å². The van der Waals surface area contributed by atoms with E-state index in [1.165, 1.54) is 12.1 Å². The Morgan fingerprint density at radius 1 is 1.16 bits per heavy atom. The van der Waals surface area contributed by atoms with E-state index >= 15 is 0 Å². The molecular weight excluding hydrogens is 583 g/mol. The molecule has 9 nitrogen and oxygen atoms in total. The number of nitrogens with zero attached hydrogens (tertiary/aromatic N) is 1. The van der Waals surface area contributed by atoms with Gasteiger partial charge in [0.1, 0.15) is 0 Å². The van der Waals surface area contributed by atoms with Gasteiger partial charge in [-0.15, -0.1) is 0 Å². The van der Waals surface area contributed by atoms with E-state index in [2.05, 4.69) is 42.2 Å². The number of carboxylic acids is 1. The Balaban J connectivity index is 1.72. The molecule has 0 aromatic heterocycles. The molecular formula is C23H22BrClF3N5O4. The minimum Gasteiger partial charge on any atom is -0.481 e. The summed E-state index contributed by atoms with van der Waals surface area (Å²) >= 11 is 9.26. The van der Waals surface area contributed by atoms with Crippen LogP contribution >= 0.6 is 27.5 Å². The molecule has 14 heteroatoms. The molecule has 1 heterocycles. The van der Waals surface area contributed by atoms with E-state index in [-0.39, 0.29) is 17.2 Å². The molecule has 1 unspecified atom stereocenters. The number of anilines is 1. The summed E-state index contributed by atoms with van der Waals surface area (Å²) in [6, 6.07) is 6.41. The summed E-state index contributed by atoms with van der Waals surface area (Å²) in [6.45, 7) is 0.498. The van der Waals surface area contributed by atoms with Gasteiger partial charge in [0.15, 0.2) is 5.96 Å². The summed E-state index contributed by atoms with van der Waals surface area (Å²) in [6.07, 6.45) is -4.40. The number of guanidine groups is 1. The van der Waals surface area contributed by atoms with Crippen LogP contribution in [0, 0.1) is 0 Å². The molecule has 2 amide bonds. The number of carbonyl (C=O) groups excluding carboxylic acids is 2. The molecule has 0 saturated carbocycles. The Labute approximate surface area is 223 Å². The first-order valence-corrected chi connectivity index (χ1v) is 12.1. The van der Waals surface area contributed by atoms with E-state index in [4.69, 9.17) is 11.6 Å². The third-order valence-electron chi connectivity index (χ3n) is 5.09. The summed E-state index contributed by atoms with van der Waals surface area (Å²) in [5.74, 6) is -2.58. The highest BCUT2D eigenvalue weighted by Crippen LogP contribution is 2.32. The smallest absolute Gasteiger partial charge is 0.416 e. The van der Waals surface area contributed by atoms with Crippen molar-refractivity contribution in [3.8, 4) is 0 Å². The summed E-state index contributed by atoms with van der Waals surface area (Å²) in [4.78, 5) is 40.6. The van der Waals surface area contributed by atoms with Crippen LogP contribution in [0.3, 0.4) is 0 Å². The van der Waals surface area contributed by atoms with Gasteiger partial charge in [-0.25, -0.2) is 0 Å². The second-order valence-electron chi connectivity index (χ2n) is 8.04. The number of hydrogen-bond acceptors (Lipinski definition) is 6. The number of aliphatic imine (C=N–C) groups is 1. The van der Waals surface area contributed by atoms with Crippen LogP contribution < -0.4 is 21.3 Å². The molecule has 0 bridgehead atoms. The van der Waals surface area contributed by atoms with Crippen molar-refractivity contribution in [2.45, 2.75) is 25.1 Å². The maximum absolute atomic E-state index is 13.4. The van der Waals surface area contributed by atoms with Crippen molar-refractivity contribution >= 4 is 57.0 Å². The van der Waals surface area contributed by atoms with Crippen LogP contribution in [0.2, 0.25) is 5.02 Å². The number of hydrogen-bond donors (Lipinski definition) is 5. The van der Waals surface area contributed by atoms with Gasteiger partial charge in [0.2, 0.25) is 5.91 Å². The molecule has 37 heavy (non-hydrogen) atoms. The number of halogens is 5. The lowest BCUT2D eigenvalue weighted by Crippen LogP contribution is -2.39. The lowest BCUT2D eigenvalue weighted by Gasteiger charge is -2.19. The first-order chi connectivity index (χ1) is 17.4. The van der Waals surface area contributed by atoms with Crippen LogP contribution in [0.1, 0.15) is 40.4 Å². The molecule has 2 aromatic carbocycles. The molecule has 0 radical (unpaired) electrons. The topological polar surface area (TPSA) is 132 Å². The molecule has 1 atom stereocenters. The van der Waals surface area contributed by atoms with Crippen molar-refractivity contribution in [3.63, 3.8) is 0 Å². The lowest BCUT2D eigenvalue weighted by atomic mass is 10.0. The van der Waals surface area contributed by atoms with E-state index in [0.717, 1.165) is 12.5 Å². The predicted molar refractivity (Wildman–Crippen MR) is 135 cm³/mol. The van der Waals surface area contributed by atoms with E-state index in [1.54, 1.807) is 12.1 Å². The van der Waals surface area contributed by atoms with Gasteiger partial charge in [-0.2, -0.15) is 13.2 Å². The summed E-state index contributed by atoms with van der Waals surface area (Å²) < 4.78 is 40.9. The SMILES string of the molecule is O=C(O)CC(NC(=O)CNC(=O)c1cc(NC2=NCCCN2)cc(C(F)(F)F)c1)c1cc(Cl)cc(Br)c1. The second-order valence-corrected chi connectivity index (χ2v) is 9.39. The number of alkyl halides is 3. The van der Waals surface area contributed by atoms with E-state index in [9.17, 15) is 32.7 Å². The van der Waals surface area contributed by atoms with Crippen molar-refractivity contribution in [3.05, 3.63) is 62.6 Å². The van der Waals surface area contributed by atoms with E-state index < -0.39 is 48.5 Å². The number of rotatable bonds is 8. The standard InChI is InChI=1S/C23H22BrClF3N5O4/c24-15-5-12(6-16(25)9-15)18(10-20(35)36)33-19(34)11-31-21(37)13-4-14(23(26,27)28)8-17(7-13)32-22-29-2-1-3-30-22/h4-9,18H,1-3,10-11H2,(H,31,37)(H,33,34)(H,35,36)(H2,29,30,32). The number of amides is 2. The van der Waals surface area contributed by atoms with Crippen molar-refractivity contribution in [1.29, 1.82) is 0 Å². The zero-order chi connectivity index (χ0) is 27.2. The Morgan fingerprint density at radius 3 is 2.54 bits per heavy atom. The van der Waals surface area contributed by atoms with Crippen molar-refractivity contribution in [2.24, 2.45) is 4.99 Å². The second kappa shape index (κ2) is 12.3. The molecule has 2 aromatic rings. The average molecular weight is 605 g/mol. The Bertz CT molecular complexity index is 1210. The van der Waals surface area contributed by atoms with E-state index in [0.29, 0.717) is 34.2 Å². The monoisotopic (exact) mass is 603 g/mol. The van der Waals surface area contributed by atoms with Gasteiger partial charge in [-0.1, -0.05) is 27.5 Å². The number of aliphatic carboxylic acids is 1. The first kappa shape index (κ1) is 28.3. The van der Waals surface area contributed by atoms with Crippen LogP contribution in [0.4, 0.5) is 18.9 Å². The van der Waals surface area contributed by atoms with Crippen molar-refractivity contribution < 1.29 is 32.7 Å². The molecule has 1 aliphatic rings. The fourth-order valence-corrected chi connectivity index (χ4v) is 4.35. The maximum Gasteiger partial charge on any atom is 0.416 e. The molecule has 0 fully saturated rings. The van der Waals surface area contributed by atoms with Crippen LogP contribution in [0.25, 0.3) is 0 Å². The Kier molecular flexibility index (Phi) is 9.38. The Hall–Kier alpha value is -3.32. The molecule has 5 N–H and O–H groups in total. The molecule has 198 valence electrons. The van der Waals surface area contributed by atoms with Crippen molar-refractivity contribution in [2.75, 3.05) is 25.0 Å². The number of benzene rings is 2. The fraction of sp³-hybridized carbons (Fsp3) is 0.304. The highest BCUT2D eigenvalue weighted by molar-refractivity contribution is 9.10. The minimum absolute atomic E-state index is 0.00867. The van der Waals surface area contributed by atoms with Crippen LogP contribution in [0.5, 0.6) is 0 Å². The summed E-state index contributed by atoms with van der Waals surface area (Å²) in [7, 11) is 0. The summed E-state index contributed by atoms with van der Waals surface area (Å²) in [5, 5.41) is 19.9. The zero-order valence-electron chi connectivity index (χ0n) is 19.1. The molecule has 0 aliphatic carbocycles. The van der Waals surface area contributed by atoms with E-state index in [1.807, 2.05) is 0 Å². The van der Waals surface area contributed by atoms with Crippen LogP contribution in [-0.2, 0) is 15.8 Å². The van der Waals surface area contributed by atoms with Gasteiger partial charge in [-0.05, 0) is 48.4 Å². The number of nitrogens with one attached hydrogen (secondary N) is 4. The molecule has 0 saturated heterocycles. The van der Waals surface area contributed by atoms with Gasteiger partial charge in [0, 0.05) is 33.8 Å². The number of carbonyl (C=O) groups is 3. The molecule has 0 spiro atoms. The molecule has 3 rings (SSSR count). The highest BCUT2D eigenvalue weighted by Gasteiger charge is 2.32. The minimum atomic E-state index is -4.72. The summed E-state index contributed by atoms with van der Waals surface area (Å²) in [5.41, 5.74) is -0.987.